The monoisotopic (exact) mass is 677 g/mol. The van der Waals surface area contributed by atoms with Crippen LogP contribution in [0.5, 0.6) is 5.75 Å². The van der Waals surface area contributed by atoms with Crippen molar-refractivity contribution < 1.29 is 27.9 Å². The van der Waals surface area contributed by atoms with E-state index in [-0.39, 0.29) is 45.9 Å². The van der Waals surface area contributed by atoms with Gasteiger partial charge < -0.3 is 25.8 Å². The molecule has 3 atom stereocenters. The number of ether oxygens (including phenoxy) is 1. The van der Waals surface area contributed by atoms with Crippen LogP contribution in [-0.2, 0) is 16.6 Å². The van der Waals surface area contributed by atoms with Crippen LogP contribution in [0.1, 0.15) is 40.1 Å². The lowest BCUT2D eigenvalue weighted by molar-refractivity contribution is 0.0341. The molecular formula is C34H39N5O6S2. The van der Waals surface area contributed by atoms with Gasteiger partial charge in [-0.15, -0.1) is 11.3 Å². The molecule has 5 N–H and O–H groups in total. The molecule has 0 bridgehead atoms. The predicted molar refractivity (Wildman–Crippen MR) is 184 cm³/mol. The Labute approximate surface area is 279 Å². The number of likely N-dealkylation sites (N-methyl/N-ethyl adjacent to an activating group) is 1. The molecule has 4 aromatic rings. The Morgan fingerprint density at radius 3 is 2.55 bits per heavy atom. The quantitative estimate of drug-likeness (QED) is 0.166. The van der Waals surface area contributed by atoms with Gasteiger partial charge in [0.1, 0.15) is 16.1 Å². The molecule has 2 heterocycles. The lowest BCUT2D eigenvalue weighted by atomic mass is 9.99. The summed E-state index contributed by atoms with van der Waals surface area (Å²) in [7, 11) is -1.86. The number of hydrogen-bond acceptors (Lipinski definition) is 9. The number of aliphatic hydroxyl groups is 1. The van der Waals surface area contributed by atoms with Gasteiger partial charge in [0.15, 0.2) is 0 Å². The number of aliphatic hydroxyl groups excluding tert-OH is 1. The number of anilines is 3. The maximum atomic E-state index is 13.8. The fourth-order valence-electron chi connectivity index (χ4n) is 5.38. The molecular weight excluding hydrogens is 639 g/mol. The molecule has 47 heavy (non-hydrogen) atoms. The van der Waals surface area contributed by atoms with E-state index >= 15 is 0 Å². The first-order valence-electron chi connectivity index (χ1n) is 15.2. The summed E-state index contributed by atoms with van der Waals surface area (Å²) in [5, 5.41) is 14.5. The normalized spacial score (nSPS) is 17.3. The minimum Gasteiger partial charge on any atom is -0.488 e. The molecule has 0 saturated carbocycles. The zero-order valence-electron chi connectivity index (χ0n) is 26.4. The molecule has 11 nitrogen and oxygen atoms in total. The average molecular weight is 678 g/mol. The number of fused-ring (bicyclic) bond motifs is 1. The minimum absolute atomic E-state index is 0.1000. The summed E-state index contributed by atoms with van der Waals surface area (Å²) in [4.78, 5) is 30.2. The predicted octanol–water partition coefficient (Wildman–Crippen LogP) is 4.74. The third-order valence-corrected chi connectivity index (χ3v) is 10.8. The highest BCUT2D eigenvalue weighted by molar-refractivity contribution is 7.94. The van der Waals surface area contributed by atoms with Crippen molar-refractivity contribution in [3.63, 3.8) is 0 Å². The average Bonchev–Trinajstić information content (AvgIpc) is 3.61. The molecule has 248 valence electrons. The smallest absolute Gasteiger partial charge is 0.271 e. The Morgan fingerprint density at radius 1 is 1.13 bits per heavy atom. The van der Waals surface area contributed by atoms with Gasteiger partial charge in [-0.3, -0.25) is 19.2 Å². The number of amides is 2. The Balaban J connectivity index is 1.31. The minimum atomic E-state index is -3.82. The molecule has 0 spiro atoms. The maximum absolute atomic E-state index is 13.8. The summed E-state index contributed by atoms with van der Waals surface area (Å²) in [6, 6.07) is 21.8. The summed E-state index contributed by atoms with van der Waals surface area (Å²) in [5.41, 5.74) is 8.95. The molecule has 0 radical (unpaired) electrons. The first kappa shape index (κ1) is 33.9. The van der Waals surface area contributed by atoms with Crippen LogP contribution < -0.4 is 20.5 Å². The van der Waals surface area contributed by atoms with Crippen molar-refractivity contribution in [2.24, 2.45) is 5.92 Å². The van der Waals surface area contributed by atoms with Crippen LogP contribution in [0.4, 0.5) is 17.1 Å². The van der Waals surface area contributed by atoms with E-state index < -0.39 is 16.1 Å². The molecule has 1 aliphatic heterocycles. The molecule has 13 heteroatoms. The Hall–Kier alpha value is -4.43. The van der Waals surface area contributed by atoms with Gasteiger partial charge in [0.25, 0.3) is 21.8 Å². The summed E-state index contributed by atoms with van der Waals surface area (Å²) in [6.07, 6.45) is -0.338. The largest absolute Gasteiger partial charge is 0.488 e. The topological polar surface area (TPSA) is 154 Å². The van der Waals surface area contributed by atoms with Crippen molar-refractivity contribution in [2.75, 3.05) is 42.5 Å². The van der Waals surface area contributed by atoms with Gasteiger partial charge >= 0.3 is 0 Å². The van der Waals surface area contributed by atoms with Crippen LogP contribution in [0.3, 0.4) is 0 Å². The van der Waals surface area contributed by atoms with E-state index in [0.717, 1.165) is 16.9 Å². The SMILES string of the molecule is C[C@@H]1CN([C@H](C)CO)C(=O)c2cc(NS(=O)(=O)c3cccs3)ccc2O[C@H]1CN(C)Cc1ccc(C(=O)Nc2ccccc2N)cc1. The molecule has 0 fully saturated rings. The van der Waals surface area contributed by atoms with Gasteiger partial charge in [-0.05, 0) is 73.4 Å². The van der Waals surface area contributed by atoms with Crippen molar-refractivity contribution in [3.05, 3.63) is 101 Å². The highest BCUT2D eigenvalue weighted by atomic mass is 32.2. The Kier molecular flexibility index (Phi) is 10.5. The number of nitrogens with one attached hydrogen (secondary N) is 2. The van der Waals surface area contributed by atoms with Gasteiger partial charge in [0, 0.05) is 36.8 Å². The van der Waals surface area contributed by atoms with Gasteiger partial charge in [0.2, 0.25) is 0 Å². The van der Waals surface area contributed by atoms with Crippen LogP contribution in [0.15, 0.2) is 88.5 Å². The number of carbonyl (C=O) groups excluding carboxylic acids is 2. The number of rotatable bonds is 11. The number of carbonyl (C=O) groups is 2. The second kappa shape index (κ2) is 14.6. The molecule has 1 aliphatic rings. The first-order chi connectivity index (χ1) is 22.4. The van der Waals surface area contributed by atoms with Crippen LogP contribution in [0.2, 0.25) is 0 Å². The fourth-order valence-corrected chi connectivity index (χ4v) is 7.42. The van der Waals surface area contributed by atoms with Crippen LogP contribution in [-0.4, -0.2) is 74.0 Å². The van der Waals surface area contributed by atoms with E-state index in [0.29, 0.717) is 42.3 Å². The summed E-state index contributed by atoms with van der Waals surface area (Å²) in [5.74, 6) is -0.367. The van der Waals surface area contributed by atoms with Crippen molar-refractivity contribution in [1.82, 2.24) is 9.80 Å². The van der Waals surface area contributed by atoms with Crippen molar-refractivity contribution in [3.8, 4) is 5.75 Å². The van der Waals surface area contributed by atoms with Crippen LogP contribution in [0.25, 0.3) is 0 Å². The van der Waals surface area contributed by atoms with E-state index in [1.54, 1.807) is 71.8 Å². The second-order valence-corrected chi connectivity index (χ2v) is 14.7. The van der Waals surface area contributed by atoms with Gasteiger partial charge in [0.05, 0.1) is 29.6 Å². The third-order valence-electron chi connectivity index (χ3n) is 8.05. The van der Waals surface area contributed by atoms with E-state index in [2.05, 4.69) is 14.9 Å². The number of benzene rings is 3. The maximum Gasteiger partial charge on any atom is 0.271 e. The number of para-hydroxylation sites is 2. The molecule has 5 rings (SSSR count). The van der Waals surface area contributed by atoms with E-state index in [4.69, 9.17) is 10.5 Å². The third kappa shape index (κ3) is 8.11. The molecule has 2 amide bonds. The number of hydrogen-bond donors (Lipinski definition) is 4. The highest BCUT2D eigenvalue weighted by Gasteiger charge is 2.34. The number of nitrogen functional groups attached to an aromatic ring is 1. The molecule has 1 aromatic heterocycles. The van der Waals surface area contributed by atoms with Crippen LogP contribution >= 0.6 is 11.3 Å². The second-order valence-electron chi connectivity index (χ2n) is 11.8. The molecule has 0 saturated heterocycles. The van der Waals surface area contributed by atoms with Gasteiger partial charge in [-0.25, -0.2) is 8.42 Å². The van der Waals surface area contributed by atoms with Gasteiger partial charge in [-0.2, -0.15) is 0 Å². The fraction of sp³-hybridized carbons (Fsp3) is 0.294. The standard InChI is InChI=1S/C34H39N5O6S2/c1-22-18-39(23(2)21-40)34(42)27-17-26(37-47(43,44)32-9-6-16-46-32)14-15-30(27)45-31(22)20-38(3)19-24-10-12-25(13-11-24)33(41)36-29-8-5-4-7-28(29)35/h4-17,22-23,31,37,40H,18-21,35H2,1-3H3,(H,36,41)/t22-,23-,31+/m1/s1. The zero-order valence-corrected chi connectivity index (χ0v) is 28.1. The summed E-state index contributed by atoms with van der Waals surface area (Å²) in [6.45, 7) is 4.97. The molecule has 0 unspecified atom stereocenters. The van der Waals surface area contributed by atoms with Gasteiger partial charge in [-0.1, -0.05) is 37.3 Å². The highest BCUT2D eigenvalue weighted by Crippen LogP contribution is 2.32. The number of thiophene rings is 1. The van der Waals surface area contributed by atoms with Crippen molar-refractivity contribution in [2.45, 2.75) is 36.7 Å². The van der Waals surface area contributed by atoms with E-state index in [1.165, 1.54) is 12.1 Å². The van der Waals surface area contributed by atoms with Crippen LogP contribution in [0, 0.1) is 5.92 Å². The number of nitrogens with two attached hydrogens (primary N) is 1. The van der Waals surface area contributed by atoms with E-state index in [1.807, 2.05) is 26.1 Å². The Morgan fingerprint density at radius 2 is 1.87 bits per heavy atom. The number of sulfonamides is 1. The number of nitrogens with zero attached hydrogens (tertiary/aromatic N) is 2. The lowest BCUT2D eigenvalue weighted by Gasteiger charge is -2.38. The first-order valence-corrected chi connectivity index (χ1v) is 17.5. The van der Waals surface area contributed by atoms with Crippen molar-refractivity contribution in [1.29, 1.82) is 0 Å². The van der Waals surface area contributed by atoms with Crippen molar-refractivity contribution >= 4 is 50.2 Å². The molecule has 3 aromatic carbocycles. The van der Waals surface area contributed by atoms with E-state index in [9.17, 15) is 23.1 Å². The molecule has 0 aliphatic carbocycles. The summed E-state index contributed by atoms with van der Waals surface area (Å²) >= 11 is 1.10. The zero-order chi connectivity index (χ0) is 33.7. The Bertz CT molecular complexity index is 1810. The lowest BCUT2D eigenvalue weighted by Crippen LogP contribution is -2.49. The summed E-state index contributed by atoms with van der Waals surface area (Å²) < 4.78 is 34.9.